The number of unbranched alkanes of at least 4 members (excludes halogenated alkanes) is 4. The van der Waals surface area contributed by atoms with Crippen LogP contribution in [0.4, 0.5) is 0 Å². The van der Waals surface area contributed by atoms with E-state index in [1.54, 1.807) is 4.57 Å². The Bertz CT molecular complexity index is 1020. The number of para-hydroxylation sites is 2. The van der Waals surface area contributed by atoms with Gasteiger partial charge in [0, 0.05) is 13.1 Å². The van der Waals surface area contributed by atoms with Gasteiger partial charge in [0.25, 0.3) is 5.56 Å². The summed E-state index contributed by atoms with van der Waals surface area (Å²) in [5.74, 6) is 0. The molecule has 0 unspecified atom stereocenters. The van der Waals surface area contributed by atoms with Crippen molar-refractivity contribution in [1.29, 1.82) is 0 Å². The van der Waals surface area contributed by atoms with Crippen LogP contribution in [0.1, 0.15) is 52.4 Å². The Hall–Kier alpha value is -2.50. The first kappa shape index (κ1) is 18.3. The highest BCUT2D eigenvalue weighted by molar-refractivity contribution is 5.83. The highest BCUT2D eigenvalue weighted by Crippen LogP contribution is 2.13. The zero-order chi connectivity index (χ0) is 18.5. The molecule has 3 aromatic rings. The molecule has 3 rings (SSSR count). The van der Waals surface area contributed by atoms with Crippen molar-refractivity contribution in [3.05, 3.63) is 45.1 Å². The van der Waals surface area contributed by atoms with E-state index >= 15 is 0 Å². The van der Waals surface area contributed by atoms with Crippen LogP contribution in [0, 0.1) is 0 Å². The fourth-order valence-corrected chi connectivity index (χ4v) is 3.21. The van der Waals surface area contributed by atoms with E-state index in [1.807, 2.05) is 24.3 Å². The highest BCUT2D eigenvalue weighted by atomic mass is 16.2. The molecular weight excluding hydrogens is 328 g/mol. The molecule has 0 fully saturated rings. The van der Waals surface area contributed by atoms with Crippen LogP contribution in [-0.4, -0.2) is 19.1 Å². The molecule has 0 amide bonds. The largest absolute Gasteiger partial charge is 0.332 e. The number of rotatable bonds is 8. The second-order valence-corrected chi connectivity index (χ2v) is 6.69. The van der Waals surface area contributed by atoms with Gasteiger partial charge in [-0.1, -0.05) is 51.7 Å². The molecule has 0 aliphatic carbocycles. The molecule has 0 aliphatic rings. The first-order valence-electron chi connectivity index (χ1n) is 9.57. The molecule has 26 heavy (non-hydrogen) atoms. The van der Waals surface area contributed by atoms with E-state index in [2.05, 4.69) is 23.8 Å². The number of hydrogen-bond acceptors (Lipinski definition) is 4. The number of fused-ring (bicyclic) bond motifs is 2. The van der Waals surface area contributed by atoms with Crippen molar-refractivity contribution in [2.45, 2.75) is 65.5 Å². The third kappa shape index (κ3) is 3.54. The predicted molar refractivity (Wildman–Crippen MR) is 105 cm³/mol. The van der Waals surface area contributed by atoms with Crippen molar-refractivity contribution in [2.75, 3.05) is 0 Å². The van der Waals surface area contributed by atoms with Crippen molar-refractivity contribution in [1.82, 2.24) is 19.1 Å². The van der Waals surface area contributed by atoms with E-state index < -0.39 is 0 Å². The molecule has 0 saturated carbocycles. The van der Waals surface area contributed by atoms with Gasteiger partial charge in [0.15, 0.2) is 11.2 Å². The maximum atomic E-state index is 13.0. The van der Waals surface area contributed by atoms with Crippen LogP contribution >= 0.6 is 0 Å². The highest BCUT2D eigenvalue weighted by Gasteiger charge is 2.16. The van der Waals surface area contributed by atoms with Crippen molar-refractivity contribution in [2.24, 2.45) is 0 Å². The Kier molecular flexibility index (Phi) is 5.81. The van der Waals surface area contributed by atoms with Crippen LogP contribution in [0.5, 0.6) is 0 Å². The van der Waals surface area contributed by atoms with E-state index in [9.17, 15) is 9.59 Å². The second-order valence-electron chi connectivity index (χ2n) is 6.69. The van der Waals surface area contributed by atoms with Gasteiger partial charge < -0.3 is 0 Å². The molecule has 0 bridgehead atoms. The van der Waals surface area contributed by atoms with Gasteiger partial charge >= 0.3 is 5.69 Å². The average Bonchev–Trinajstić information content (AvgIpc) is 2.66. The Balaban J connectivity index is 2.22. The minimum absolute atomic E-state index is 0.265. The third-order valence-corrected chi connectivity index (χ3v) is 4.69. The van der Waals surface area contributed by atoms with Crippen LogP contribution in [0.3, 0.4) is 0 Å². The van der Waals surface area contributed by atoms with E-state index in [0.717, 1.165) is 38.5 Å². The van der Waals surface area contributed by atoms with Gasteiger partial charge in [-0.25, -0.2) is 14.8 Å². The van der Waals surface area contributed by atoms with Gasteiger partial charge in [-0.05, 0) is 25.0 Å². The van der Waals surface area contributed by atoms with Crippen LogP contribution in [0.2, 0.25) is 0 Å². The normalized spacial score (nSPS) is 11.5. The first-order valence-corrected chi connectivity index (χ1v) is 9.57. The van der Waals surface area contributed by atoms with Gasteiger partial charge in [0.2, 0.25) is 0 Å². The van der Waals surface area contributed by atoms with Gasteiger partial charge in [0.05, 0.1) is 11.0 Å². The monoisotopic (exact) mass is 354 g/mol. The lowest BCUT2D eigenvalue weighted by molar-refractivity contribution is 0.515. The second kappa shape index (κ2) is 8.25. The summed E-state index contributed by atoms with van der Waals surface area (Å²) >= 11 is 0. The molecule has 0 aliphatic heterocycles. The summed E-state index contributed by atoms with van der Waals surface area (Å²) in [4.78, 5) is 35.0. The van der Waals surface area contributed by atoms with Crippen LogP contribution in [-0.2, 0) is 13.1 Å². The molecule has 6 nitrogen and oxygen atoms in total. The number of aryl methyl sites for hydroxylation is 1. The van der Waals surface area contributed by atoms with Gasteiger partial charge in [-0.15, -0.1) is 0 Å². The van der Waals surface area contributed by atoms with Gasteiger partial charge in [0.1, 0.15) is 0 Å². The lowest BCUT2D eigenvalue weighted by Crippen LogP contribution is -2.41. The summed E-state index contributed by atoms with van der Waals surface area (Å²) in [6.07, 6.45) is 5.82. The Morgan fingerprint density at radius 3 is 2.00 bits per heavy atom. The number of hydrogen-bond donors (Lipinski definition) is 0. The molecule has 0 N–H and O–H groups in total. The summed E-state index contributed by atoms with van der Waals surface area (Å²) in [5.41, 5.74) is 1.48. The summed E-state index contributed by atoms with van der Waals surface area (Å²) in [5, 5.41) is 0. The Labute approximate surface area is 152 Å². The van der Waals surface area contributed by atoms with Crippen molar-refractivity contribution in [3.8, 4) is 0 Å². The molecule has 2 aromatic heterocycles. The van der Waals surface area contributed by atoms with Crippen LogP contribution in [0.15, 0.2) is 33.9 Å². The van der Waals surface area contributed by atoms with Crippen LogP contribution < -0.4 is 11.2 Å². The fourth-order valence-electron chi connectivity index (χ4n) is 3.21. The molecule has 0 atom stereocenters. The minimum Gasteiger partial charge on any atom is -0.276 e. The minimum atomic E-state index is -0.328. The topological polar surface area (TPSA) is 69.8 Å². The molecule has 0 radical (unpaired) electrons. The van der Waals surface area contributed by atoms with Crippen molar-refractivity contribution < 1.29 is 0 Å². The van der Waals surface area contributed by atoms with E-state index in [0.29, 0.717) is 29.8 Å². The van der Waals surface area contributed by atoms with E-state index in [4.69, 9.17) is 0 Å². The number of aromatic nitrogens is 4. The predicted octanol–water partition coefficient (Wildman–Crippen LogP) is 3.49. The van der Waals surface area contributed by atoms with Crippen LogP contribution in [0.25, 0.3) is 22.2 Å². The zero-order valence-corrected chi connectivity index (χ0v) is 15.6. The molecule has 138 valence electrons. The summed E-state index contributed by atoms with van der Waals surface area (Å²) in [6, 6.07) is 7.46. The van der Waals surface area contributed by atoms with Gasteiger partial charge in [-0.2, -0.15) is 0 Å². The Morgan fingerprint density at radius 1 is 0.808 bits per heavy atom. The quantitative estimate of drug-likeness (QED) is 0.459. The smallest absolute Gasteiger partial charge is 0.276 e. The van der Waals surface area contributed by atoms with E-state index in [-0.39, 0.29) is 16.8 Å². The standard InChI is InChI=1S/C20H26N4O2/c1-3-5-9-13-23-18-17(21-15-11-7-8-12-16(15)22-18)19(25)24(20(23)26)14-10-6-4-2/h7-8,11-12H,3-6,9-10,13-14H2,1-2H3. The summed E-state index contributed by atoms with van der Waals surface area (Å²) < 4.78 is 2.98. The lowest BCUT2D eigenvalue weighted by Gasteiger charge is -2.13. The lowest BCUT2D eigenvalue weighted by atomic mass is 10.2. The number of benzene rings is 1. The molecule has 6 heteroatoms. The average molecular weight is 354 g/mol. The maximum absolute atomic E-state index is 13.0. The molecule has 2 heterocycles. The SMILES string of the molecule is CCCCCn1c(=O)c2nc3ccccc3nc2n(CCCCC)c1=O. The zero-order valence-electron chi connectivity index (χ0n) is 15.6. The van der Waals surface area contributed by atoms with E-state index in [1.165, 1.54) is 4.57 Å². The fraction of sp³-hybridized carbons (Fsp3) is 0.500. The van der Waals surface area contributed by atoms with Crippen molar-refractivity contribution in [3.63, 3.8) is 0 Å². The third-order valence-electron chi connectivity index (χ3n) is 4.69. The summed E-state index contributed by atoms with van der Waals surface area (Å²) in [6.45, 7) is 5.22. The summed E-state index contributed by atoms with van der Waals surface area (Å²) in [7, 11) is 0. The molecular formula is C20H26N4O2. The molecule has 0 spiro atoms. The van der Waals surface area contributed by atoms with Crippen molar-refractivity contribution >= 4 is 22.2 Å². The molecule has 0 saturated heterocycles. The van der Waals surface area contributed by atoms with Gasteiger partial charge in [-0.3, -0.25) is 13.9 Å². The first-order chi connectivity index (χ1) is 12.7. The maximum Gasteiger partial charge on any atom is 0.332 e. The Morgan fingerprint density at radius 2 is 1.38 bits per heavy atom. The number of nitrogens with zero attached hydrogens (tertiary/aromatic N) is 4. The molecule has 1 aromatic carbocycles.